The Bertz CT molecular complexity index is 1450. The number of aliphatic hydroxyl groups is 5. The van der Waals surface area contributed by atoms with Crippen LogP contribution in [0, 0.1) is 0 Å². The number of hydrogen-bond acceptors (Lipinski definition) is 8. The first-order valence-electron chi connectivity index (χ1n) is 24.4. The lowest BCUT2D eigenvalue weighted by atomic mass is 9.99. The molecule has 64 heavy (non-hydrogen) atoms. The van der Waals surface area contributed by atoms with Gasteiger partial charge in [0.2, 0.25) is 5.91 Å². The fourth-order valence-electron chi connectivity index (χ4n) is 6.62. The lowest BCUT2D eigenvalue weighted by Gasteiger charge is -2.40. The summed E-state index contributed by atoms with van der Waals surface area (Å²) in [5.74, 6) is -0.216. The molecule has 360 valence electrons. The van der Waals surface area contributed by atoms with Crippen LogP contribution in [-0.4, -0.2) is 87.5 Å². The zero-order valence-corrected chi connectivity index (χ0v) is 39.5. The molecule has 7 atom stereocenters. The maximum Gasteiger partial charge on any atom is 0.220 e. The van der Waals surface area contributed by atoms with E-state index >= 15 is 0 Å². The quantitative estimate of drug-likeness (QED) is 0.0265. The van der Waals surface area contributed by atoms with Crippen LogP contribution in [0.3, 0.4) is 0 Å². The van der Waals surface area contributed by atoms with E-state index in [4.69, 9.17) is 9.47 Å². The van der Waals surface area contributed by atoms with E-state index in [9.17, 15) is 30.3 Å². The molecule has 0 aromatic carbocycles. The summed E-state index contributed by atoms with van der Waals surface area (Å²) >= 11 is 0. The summed E-state index contributed by atoms with van der Waals surface area (Å²) in [6.45, 7) is 3.47. The number of unbranched alkanes of at least 4 members (excludes halogenated alkanes) is 8. The Morgan fingerprint density at radius 2 is 0.938 bits per heavy atom. The number of hydrogen-bond donors (Lipinski definition) is 6. The third-order valence-electron chi connectivity index (χ3n) is 10.4. The van der Waals surface area contributed by atoms with Crippen LogP contribution in [0.4, 0.5) is 0 Å². The summed E-state index contributed by atoms with van der Waals surface area (Å²) in [4.78, 5) is 12.9. The van der Waals surface area contributed by atoms with Crippen molar-refractivity contribution in [1.29, 1.82) is 0 Å². The zero-order chi connectivity index (χ0) is 46.6. The van der Waals surface area contributed by atoms with Gasteiger partial charge in [0.25, 0.3) is 0 Å². The van der Waals surface area contributed by atoms with Crippen LogP contribution >= 0.6 is 0 Å². The Labute approximate surface area is 388 Å². The summed E-state index contributed by atoms with van der Waals surface area (Å²) in [7, 11) is 0. The minimum Gasteiger partial charge on any atom is -0.394 e. The zero-order valence-electron chi connectivity index (χ0n) is 39.5. The average molecular weight is 890 g/mol. The Kier molecular flexibility index (Phi) is 39.4. The number of ether oxygens (including phenoxy) is 2. The predicted molar refractivity (Wildman–Crippen MR) is 267 cm³/mol. The number of aliphatic hydroxyl groups excluding tert-OH is 5. The minimum absolute atomic E-state index is 0.216. The minimum atomic E-state index is -1.58. The van der Waals surface area contributed by atoms with Crippen LogP contribution in [0.15, 0.2) is 134 Å². The summed E-state index contributed by atoms with van der Waals surface area (Å²) in [6, 6.07) is -0.844. The standard InChI is InChI=1S/C55H87NO8/c1-3-5-7-9-11-13-15-16-17-18-19-20-21-22-23-24-25-26-27-28-29-30-31-32-33-34-35-37-39-41-43-45-51(59)56-48(47-63-55-54(62)53(61)52(60)50(46-57)64-55)49(58)44-42-40-38-36-14-12-10-8-6-4-2/h5-8,11,13-14,16-17,19-20,22-23,25-26,28-29,31-32,36,42,44,48-50,52-55,57-58,60-62H,3-4,9-10,12,15,18,21,24,27,30,33-35,37-41,43,45-47H2,1-2H3,(H,56,59)/b7-5-,8-6+,13-11-,17-16-,20-19-,23-22-,26-25-,29-28-,32-31-,36-14+,44-42+. The molecule has 6 N–H and O–H groups in total. The van der Waals surface area contributed by atoms with Crippen LogP contribution < -0.4 is 5.32 Å². The van der Waals surface area contributed by atoms with Gasteiger partial charge in [0, 0.05) is 6.42 Å². The molecular formula is C55H87NO8. The highest BCUT2D eigenvalue weighted by Gasteiger charge is 2.44. The van der Waals surface area contributed by atoms with Crippen molar-refractivity contribution in [3.05, 3.63) is 134 Å². The summed E-state index contributed by atoms with van der Waals surface area (Å²) < 4.78 is 11.2. The van der Waals surface area contributed by atoms with Gasteiger partial charge in [0.1, 0.15) is 24.4 Å². The van der Waals surface area contributed by atoms with Gasteiger partial charge in [-0.3, -0.25) is 4.79 Å². The van der Waals surface area contributed by atoms with E-state index in [-0.39, 0.29) is 12.5 Å². The van der Waals surface area contributed by atoms with Crippen LogP contribution in [-0.2, 0) is 14.3 Å². The monoisotopic (exact) mass is 890 g/mol. The Balaban J connectivity index is 2.25. The highest BCUT2D eigenvalue weighted by atomic mass is 16.7. The second-order valence-corrected chi connectivity index (χ2v) is 16.1. The molecule has 1 heterocycles. The SMILES string of the molecule is CC/C=C\C/C=C\C/C=C\C/C=C\C/C=C\C/C=C\C/C=C\C/C=C\CCCCCCCCC(=O)NC(COC1OC(CO)C(O)C(O)C1O)C(O)/C=C/CC/C=C/CC/C=C/CC. The second kappa shape index (κ2) is 43.2. The average Bonchev–Trinajstić information content (AvgIpc) is 3.29. The number of amides is 1. The summed E-state index contributed by atoms with van der Waals surface area (Å²) in [5.41, 5.74) is 0. The van der Waals surface area contributed by atoms with Crippen molar-refractivity contribution < 1.29 is 39.8 Å². The molecule has 0 bridgehead atoms. The molecule has 1 fully saturated rings. The highest BCUT2D eigenvalue weighted by Crippen LogP contribution is 2.22. The molecule has 1 aliphatic heterocycles. The molecule has 0 aromatic rings. The first kappa shape index (κ1) is 58.3. The van der Waals surface area contributed by atoms with E-state index in [0.29, 0.717) is 12.8 Å². The normalized spacial score (nSPS) is 21.3. The third kappa shape index (κ3) is 32.9. The molecular weight excluding hydrogens is 803 g/mol. The number of carbonyl (C=O) groups excluding carboxylic acids is 1. The maximum atomic E-state index is 12.9. The fourth-order valence-corrected chi connectivity index (χ4v) is 6.62. The van der Waals surface area contributed by atoms with Gasteiger partial charge in [-0.25, -0.2) is 0 Å². The van der Waals surface area contributed by atoms with E-state index in [1.54, 1.807) is 6.08 Å². The van der Waals surface area contributed by atoms with E-state index in [2.05, 4.69) is 141 Å². The topological polar surface area (TPSA) is 149 Å². The van der Waals surface area contributed by atoms with Gasteiger partial charge >= 0.3 is 0 Å². The first-order valence-corrected chi connectivity index (χ1v) is 24.4. The molecule has 1 rings (SSSR count). The largest absolute Gasteiger partial charge is 0.394 e. The van der Waals surface area contributed by atoms with Crippen LogP contribution in [0.1, 0.15) is 149 Å². The second-order valence-electron chi connectivity index (χ2n) is 16.1. The molecule has 0 saturated carbocycles. The summed E-state index contributed by atoms with van der Waals surface area (Å²) in [6.07, 6.45) is 59.4. The van der Waals surface area contributed by atoms with Gasteiger partial charge in [-0.2, -0.15) is 0 Å². The van der Waals surface area contributed by atoms with Crippen molar-refractivity contribution in [1.82, 2.24) is 5.32 Å². The maximum absolute atomic E-state index is 12.9. The predicted octanol–water partition coefficient (Wildman–Crippen LogP) is 11.0. The van der Waals surface area contributed by atoms with Crippen molar-refractivity contribution >= 4 is 5.91 Å². The molecule has 0 aromatic heterocycles. The number of nitrogens with one attached hydrogen (secondary N) is 1. The van der Waals surface area contributed by atoms with E-state index < -0.39 is 49.5 Å². The van der Waals surface area contributed by atoms with Crippen molar-refractivity contribution in [2.75, 3.05) is 13.2 Å². The highest BCUT2D eigenvalue weighted by molar-refractivity contribution is 5.76. The van der Waals surface area contributed by atoms with Gasteiger partial charge in [0.15, 0.2) is 6.29 Å². The van der Waals surface area contributed by atoms with E-state index in [0.717, 1.165) is 122 Å². The van der Waals surface area contributed by atoms with Gasteiger partial charge < -0.3 is 40.3 Å². The van der Waals surface area contributed by atoms with Crippen molar-refractivity contribution in [2.45, 2.75) is 192 Å². The summed E-state index contributed by atoms with van der Waals surface area (Å²) in [5, 5.41) is 54.0. The van der Waals surface area contributed by atoms with Crippen molar-refractivity contribution in [3.63, 3.8) is 0 Å². The van der Waals surface area contributed by atoms with Gasteiger partial charge in [-0.15, -0.1) is 0 Å². The number of rotatable bonds is 38. The number of carbonyl (C=O) groups is 1. The molecule has 9 nitrogen and oxygen atoms in total. The van der Waals surface area contributed by atoms with Gasteiger partial charge in [0.05, 0.1) is 25.4 Å². The van der Waals surface area contributed by atoms with Crippen LogP contribution in [0.25, 0.3) is 0 Å². The molecule has 0 radical (unpaired) electrons. The molecule has 0 aliphatic carbocycles. The lowest BCUT2D eigenvalue weighted by molar-refractivity contribution is -0.302. The Hall–Kier alpha value is -3.67. The first-order chi connectivity index (χ1) is 31.3. The lowest BCUT2D eigenvalue weighted by Crippen LogP contribution is -2.60. The molecule has 0 spiro atoms. The molecule has 9 heteroatoms. The smallest absolute Gasteiger partial charge is 0.220 e. The van der Waals surface area contributed by atoms with E-state index in [1.165, 1.54) is 0 Å². The van der Waals surface area contributed by atoms with Crippen LogP contribution in [0.5, 0.6) is 0 Å². The van der Waals surface area contributed by atoms with Gasteiger partial charge in [-0.1, -0.05) is 173 Å². The van der Waals surface area contributed by atoms with Crippen molar-refractivity contribution in [2.24, 2.45) is 0 Å². The van der Waals surface area contributed by atoms with Crippen LogP contribution in [0.2, 0.25) is 0 Å². The molecule has 1 amide bonds. The molecule has 1 saturated heterocycles. The Morgan fingerprint density at radius 3 is 1.44 bits per heavy atom. The molecule has 1 aliphatic rings. The van der Waals surface area contributed by atoms with E-state index in [1.807, 2.05) is 6.08 Å². The fraction of sp³-hybridized carbons (Fsp3) is 0.582. The van der Waals surface area contributed by atoms with Crippen molar-refractivity contribution in [3.8, 4) is 0 Å². The molecule has 7 unspecified atom stereocenters. The third-order valence-corrected chi connectivity index (χ3v) is 10.4. The Morgan fingerprint density at radius 1 is 0.531 bits per heavy atom. The number of allylic oxidation sites excluding steroid dienone is 21. The van der Waals surface area contributed by atoms with Gasteiger partial charge in [-0.05, 0) is 103 Å².